The zero-order chi connectivity index (χ0) is 13.3. The molecule has 1 aliphatic rings. The van der Waals surface area contributed by atoms with Gasteiger partial charge in [0.15, 0.2) is 0 Å². The van der Waals surface area contributed by atoms with Crippen LogP contribution in [0.4, 0.5) is 5.69 Å². The second-order valence-electron chi connectivity index (χ2n) is 5.07. The highest BCUT2D eigenvalue weighted by molar-refractivity contribution is 6.31. The van der Waals surface area contributed by atoms with Gasteiger partial charge < -0.3 is 10.6 Å². The summed E-state index contributed by atoms with van der Waals surface area (Å²) in [5.74, 6) is -0.00491. The fourth-order valence-corrected chi connectivity index (χ4v) is 2.85. The number of amides is 1. The first-order valence-electron chi connectivity index (χ1n) is 6.38. The Labute approximate surface area is 113 Å². The molecule has 1 aliphatic heterocycles. The largest absolute Gasteiger partial charge is 0.398 e. The van der Waals surface area contributed by atoms with Crippen molar-refractivity contribution in [1.82, 2.24) is 4.90 Å². The average molecular weight is 267 g/mol. The minimum absolute atomic E-state index is 0.00491. The van der Waals surface area contributed by atoms with Gasteiger partial charge >= 0.3 is 0 Å². The van der Waals surface area contributed by atoms with Crippen molar-refractivity contribution in [1.29, 1.82) is 0 Å². The molecule has 0 radical (unpaired) electrons. The first-order chi connectivity index (χ1) is 8.50. The molecule has 2 N–H and O–H groups in total. The zero-order valence-corrected chi connectivity index (χ0v) is 11.6. The van der Waals surface area contributed by atoms with E-state index in [9.17, 15) is 4.79 Å². The van der Waals surface area contributed by atoms with Gasteiger partial charge in [0.1, 0.15) is 0 Å². The maximum atomic E-state index is 12.6. The van der Waals surface area contributed by atoms with Gasteiger partial charge in [0.2, 0.25) is 0 Å². The van der Waals surface area contributed by atoms with E-state index in [1.165, 1.54) is 6.42 Å². The van der Waals surface area contributed by atoms with Crippen LogP contribution in [-0.2, 0) is 0 Å². The lowest BCUT2D eigenvalue weighted by Crippen LogP contribution is -2.47. The molecule has 2 atom stereocenters. The molecule has 1 aromatic carbocycles. The van der Waals surface area contributed by atoms with Crippen LogP contribution >= 0.6 is 11.6 Å². The lowest BCUT2D eigenvalue weighted by Gasteiger charge is -2.39. The molecule has 1 amide bonds. The van der Waals surface area contributed by atoms with E-state index < -0.39 is 0 Å². The summed E-state index contributed by atoms with van der Waals surface area (Å²) in [4.78, 5) is 14.5. The number of nitrogens with two attached hydrogens (primary N) is 1. The highest BCUT2D eigenvalue weighted by Crippen LogP contribution is 2.27. The molecule has 18 heavy (non-hydrogen) atoms. The molecule has 0 aromatic heterocycles. The summed E-state index contributed by atoms with van der Waals surface area (Å²) in [6, 6.07) is 5.58. The molecule has 1 fully saturated rings. The Morgan fingerprint density at radius 3 is 2.56 bits per heavy atom. The smallest absolute Gasteiger partial charge is 0.256 e. The number of halogens is 1. The maximum absolute atomic E-state index is 12.6. The third kappa shape index (κ3) is 2.46. The predicted octanol–water partition coefficient (Wildman–Crippen LogP) is 3.33. The topological polar surface area (TPSA) is 46.3 Å². The lowest BCUT2D eigenvalue weighted by atomic mass is 9.96. The Hall–Kier alpha value is -1.22. The summed E-state index contributed by atoms with van der Waals surface area (Å²) in [6.07, 6.45) is 3.28. The van der Waals surface area contributed by atoms with E-state index in [1.807, 2.05) is 4.90 Å². The highest BCUT2D eigenvalue weighted by Gasteiger charge is 2.30. The van der Waals surface area contributed by atoms with Gasteiger partial charge in [-0.25, -0.2) is 0 Å². The molecular weight excluding hydrogens is 248 g/mol. The number of hydrogen-bond acceptors (Lipinski definition) is 2. The summed E-state index contributed by atoms with van der Waals surface area (Å²) in [5.41, 5.74) is 6.89. The molecule has 0 spiro atoms. The van der Waals surface area contributed by atoms with Crippen LogP contribution in [0.5, 0.6) is 0 Å². The maximum Gasteiger partial charge on any atom is 0.256 e. The van der Waals surface area contributed by atoms with E-state index >= 15 is 0 Å². The summed E-state index contributed by atoms with van der Waals surface area (Å²) in [5, 5.41) is 0.546. The average Bonchev–Trinajstić information content (AvgIpc) is 2.32. The van der Waals surface area contributed by atoms with Crippen molar-refractivity contribution in [3.63, 3.8) is 0 Å². The van der Waals surface area contributed by atoms with Crippen LogP contribution in [0, 0.1) is 0 Å². The van der Waals surface area contributed by atoms with Crippen molar-refractivity contribution >= 4 is 23.2 Å². The molecule has 2 rings (SSSR count). The number of carbonyl (C=O) groups is 1. The molecular formula is C14H19ClN2O. The molecule has 1 heterocycles. The molecule has 1 aromatic rings. The van der Waals surface area contributed by atoms with Crippen molar-refractivity contribution in [2.45, 2.75) is 45.2 Å². The standard InChI is InChI=1S/C14H19ClN2O/c1-9-4-3-5-10(2)17(9)14(18)12-8-11(15)6-7-13(12)16/h6-10H,3-5,16H2,1-2H3/t9-,10-/m0/s1. The van der Waals surface area contributed by atoms with E-state index in [2.05, 4.69) is 13.8 Å². The number of piperidine rings is 1. The molecule has 0 aliphatic carbocycles. The van der Waals surface area contributed by atoms with Gasteiger partial charge in [-0.3, -0.25) is 4.79 Å². The van der Waals surface area contributed by atoms with Crippen LogP contribution < -0.4 is 5.73 Å². The van der Waals surface area contributed by atoms with Crippen LogP contribution in [0.2, 0.25) is 5.02 Å². The van der Waals surface area contributed by atoms with Gasteiger partial charge in [0.25, 0.3) is 5.91 Å². The quantitative estimate of drug-likeness (QED) is 0.793. The van der Waals surface area contributed by atoms with E-state index in [0.717, 1.165) is 12.8 Å². The predicted molar refractivity (Wildman–Crippen MR) is 74.8 cm³/mol. The van der Waals surface area contributed by atoms with Gasteiger partial charge in [-0.1, -0.05) is 11.6 Å². The second-order valence-corrected chi connectivity index (χ2v) is 5.51. The van der Waals surface area contributed by atoms with Crippen LogP contribution in [0.15, 0.2) is 18.2 Å². The minimum atomic E-state index is -0.00491. The minimum Gasteiger partial charge on any atom is -0.398 e. The Balaban J connectivity index is 2.32. The Bertz CT molecular complexity index is 451. The van der Waals surface area contributed by atoms with Crippen molar-refractivity contribution in [3.8, 4) is 0 Å². The number of hydrogen-bond donors (Lipinski definition) is 1. The van der Waals surface area contributed by atoms with Crippen LogP contribution in [0.25, 0.3) is 0 Å². The van der Waals surface area contributed by atoms with Gasteiger partial charge in [-0.15, -0.1) is 0 Å². The van der Waals surface area contributed by atoms with Crippen LogP contribution in [0.1, 0.15) is 43.5 Å². The molecule has 3 nitrogen and oxygen atoms in total. The van der Waals surface area contributed by atoms with Crippen LogP contribution in [-0.4, -0.2) is 22.9 Å². The monoisotopic (exact) mass is 266 g/mol. The van der Waals surface area contributed by atoms with Gasteiger partial charge in [-0.05, 0) is 51.3 Å². The van der Waals surface area contributed by atoms with Gasteiger partial charge in [0, 0.05) is 22.8 Å². The molecule has 0 saturated carbocycles. The molecule has 98 valence electrons. The normalized spacial score (nSPS) is 24.1. The van der Waals surface area contributed by atoms with Crippen molar-refractivity contribution in [2.24, 2.45) is 0 Å². The van der Waals surface area contributed by atoms with E-state index in [-0.39, 0.29) is 18.0 Å². The Kier molecular flexibility index (Phi) is 3.81. The lowest BCUT2D eigenvalue weighted by molar-refractivity contribution is 0.0512. The van der Waals surface area contributed by atoms with Crippen LogP contribution in [0.3, 0.4) is 0 Å². The SMILES string of the molecule is C[C@H]1CCC[C@H](C)N1C(=O)c1cc(Cl)ccc1N. The highest BCUT2D eigenvalue weighted by atomic mass is 35.5. The molecule has 0 unspecified atom stereocenters. The van der Waals surface area contributed by atoms with Gasteiger partial charge in [-0.2, -0.15) is 0 Å². The summed E-state index contributed by atoms with van der Waals surface area (Å²) < 4.78 is 0. The van der Waals surface area contributed by atoms with Crippen molar-refractivity contribution in [3.05, 3.63) is 28.8 Å². The molecule has 1 saturated heterocycles. The number of rotatable bonds is 1. The van der Waals surface area contributed by atoms with Gasteiger partial charge in [0.05, 0.1) is 5.56 Å². The van der Waals surface area contributed by atoms with Crippen molar-refractivity contribution in [2.75, 3.05) is 5.73 Å². The summed E-state index contributed by atoms with van der Waals surface area (Å²) in [6.45, 7) is 4.18. The number of likely N-dealkylation sites (tertiary alicyclic amines) is 1. The fourth-order valence-electron chi connectivity index (χ4n) is 2.67. The first-order valence-corrected chi connectivity index (χ1v) is 6.76. The zero-order valence-electron chi connectivity index (χ0n) is 10.8. The Morgan fingerprint density at radius 1 is 1.33 bits per heavy atom. The molecule has 4 heteroatoms. The summed E-state index contributed by atoms with van der Waals surface area (Å²) in [7, 11) is 0. The van der Waals surface area contributed by atoms with Crippen molar-refractivity contribution < 1.29 is 4.79 Å². The third-order valence-electron chi connectivity index (χ3n) is 3.67. The van der Waals surface area contributed by atoms with E-state index in [0.29, 0.717) is 16.3 Å². The number of benzene rings is 1. The molecule has 0 bridgehead atoms. The third-order valence-corrected chi connectivity index (χ3v) is 3.91. The number of nitrogen functional groups attached to an aromatic ring is 1. The number of anilines is 1. The Morgan fingerprint density at radius 2 is 1.94 bits per heavy atom. The van der Waals surface area contributed by atoms with E-state index in [1.54, 1.807) is 18.2 Å². The number of nitrogens with zero attached hydrogens (tertiary/aromatic N) is 1. The van der Waals surface area contributed by atoms with E-state index in [4.69, 9.17) is 17.3 Å². The number of carbonyl (C=O) groups excluding carboxylic acids is 1. The second kappa shape index (κ2) is 5.19. The first kappa shape index (κ1) is 13.2. The fraction of sp³-hybridized carbons (Fsp3) is 0.500. The summed E-state index contributed by atoms with van der Waals surface area (Å²) >= 11 is 5.95.